The summed E-state index contributed by atoms with van der Waals surface area (Å²) in [6.45, 7) is 3.03. The first-order chi connectivity index (χ1) is 15.1. The van der Waals surface area contributed by atoms with Crippen LogP contribution in [-0.4, -0.2) is 55.5 Å². The number of carbonyl (C=O) groups is 1. The standard InChI is InChI=1S/C22H27N3O6S/c1-14-18-7-6-17(11-20(18)24-19(14)12-22(27)28)31-9-8-23-13-21(26)15-4-3-5-16(10-15)25-32(2,29)30/h3-7,10-11,21,23-26H,8-9,12-13H2,1-2H3,(H,27,28)/t21-/m0/s1. The third kappa shape index (κ3) is 6.46. The zero-order valence-corrected chi connectivity index (χ0v) is 18.7. The van der Waals surface area contributed by atoms with Gasteiger partial charge in [0.2, 0.25) is 10.0 Å². The number of hydrogen-bond donors (Lipinski definition) is 5. The minimum absolute atomic E-state index is 0.0593. The first-order valence-corrected chi connectivity index (χ1v) is 11.9. The highest BCUT2D eigenvalue weighted by Gasteiger charge is 2.12. The summed E-state index contributed by atoms with van der Waals surface area (Å²) >= 11 is 0. The Morgan fingerprint density at radius 3 is 2.72 bits per heavy atom. The molecule has 0 aliphatic rings. The summed E-state index contributed by atoms with van der Waals surface area (Å²) in [6, 6.07) is 12.2. The van der Waals surface area contributed by atoms with Crippen LogP contribution in [-0.2, 0) is 21.2 Å². The van der Waals surface area contributed by atoms with Crippen LogP contribution in [0.15, 0.2) is 42.5 Å². The van der Waals surface area contributed by atoms with Gasteiger partial charge in [-0.2, -0.15) is 0 Å². The molecule has 172 valence electrons. The lowest BCUT2D eigenvalue weighted by Crippen LogP contribution is -2.26. The summed E-state index contributed by atoms with van der Waals surface area (Å²) in [4.78, 5) is 14.1. The monoisotopic (exact) mass is 461 g/mol. The average molecular weight is 462 g/mol. The van der Waals surface area contributed by atoms with Gasteiger partial charge in [-0.05, 0) is 42.3 Å². The van der Waals surface area contributed by atoms with E-state index in [2.05, 4.69) is 15.0 Å². The number of ether oxygens (including phenoxy) is 1. The number of H-pyrrole nitrogens is 1. The fourth-order valence-electron chi connectivity index (χ4n) is 3.41. The Morgan fingerprint density at radius 2 is 2.00 bits per heavy atom. The molecule has 0 saturated carbocycles. The molecule has 5 N–H and O–H groups in total. The molecule has 1 atom stereocenters. The van der Waals surface area contributed by atoms with Crippen LogP contribution < -0.4 is 14.8 Å². The van der Waals surface area contributed by atoms with Crippen LogP contribution in [0.2, 0.25) is 0 Å². The molecule has 1 aromatic heterocycles. The molecule has 0 aliphatic heterocycles. The molecule has 0 fully saturated rings. The second-order valence-electron chi connectivity index (χ2n) is 7.57. The van der Waals surface area contributed by atoms with E-state index in [9.17, 15) is 18.3 Å². The minimum atomic E-state index is -3.38. The molecule has 0 bridgehead atoms. The molecule has 0 aliphatic carbocycles. The summed E-state index contributed by atoms with van der Waals surface area (Å²) in [7, 11) is -3.38. The zero-order chi connectivity index (χ0) is 23.3. The van der Waals surface area contributed by atoms with Crippen molar-refractivity contribution in [3.05, 3.63) is 59.3 Å². The fourth-order valence-corrected chi connectivity index (χ4v) is 3.97. The van der Waals surface area contributed by atoms with E-state index in [-0.39, 0.29) is 13.0 Å². The molecule has 1 heterocycles. The molecular formula is C22H27N3O6S. The second-order valence-corrected chi connectivity index (χ2v) is 9.32. The normalized spacial score (nSPS) is 12.6. The molecule has 0 radical (unpaired) electrons. The van der Waals surface area contributed by atoms with E-state index in [1.807, 2.05) is 25.1 Å². The molecular weight excluding hydrogens is 434 g/mol. The molecule has 2 aromatic carbocycles. The van der Waals surface area contributed by atoms with Crippen molar-refractivity contribution in [2.75, 3.05) is 30.7 Å². The first-order valence-electron chi connectivity index (χ1n) is 10.0. The molecule has 32 heavy (non-hydrogen) atoms. The van der Waals surface area contributed by atoms with Gasteiger partial charge in [-0.25, -0.2) is 8.42 Å². The Bertz CT molecular complexity index is 1210. The summed E-state index contributed by atoms with van der Waals surface area (Å²) < 4.78 is 30.8. The van der Waals surface area contributed by atoms with Crippen LogP contribution in [0.5, 0.6) is 5.75 Å². The average Bonchev–Trinajstić information content (AvgIpc) is 3.00. The molecule has 0 unspecified atom stereocenters. The predicted octanol–water partition coefficient (Wildman–Crippen LogP) is 2.18. The molecule has 0 spiro atoms. The SMILES string of the molecule is Cc1c(CC(=O)O)[nH]c2cc(OCCNC[C@H](O)c3cccc(NS(C)(=O)=O)c3)ccc12. The van der Waals surface area contributed by atoms with Gasteiger partial charge in [-0.3, -0.25) is 9.52 Å². The predicted molar refractivity (Wildman–Crippen MR) is 123 cm³/mol. The molecule has 3 rings (SSSR count). The Kier molecular flexibility index (Phi) is 7.39. The Balaban J connectivity index is 1.48. The van der Waals surface area contributed by atoms with E-state index in [0.717, 1.165) is 22.7 Å². The molecule has 3 aromatic rings. The number of rotatable bonds is 11. The van der Waals surface area contributed by atoms with Gasteiger partial charge < -0.3 is 25.3 Å². The van der Waals surface area contributed by atoms with Gasteiger partial charge >= 0.3 is 5.97 Å². The largest absolute Gasteiger partial charge is 0.492 e. The maximum absolute atomic E-state index is 11.3. The fraction of sp³-hybridized carbons (Fsp3) is 0.318. The maximum Gasteiger partial charge on any atom is 0.309 e. The van der Waals surface area contributed by atoms with Crippen LogP contribution >= 0.6 is 0 Å². The smallest absolute Gasteiger partial charge is 0.309 e. The van der Waals surface area contributed by atoms with Gasteiger partial charge in [-0.15, -0.1) is 0 Å². The van der Waals surface area contributed by atoms with Crippen molar-refractivity contribution in [2.24, 2.45) is 0 Å². The number of nitrogens with one attached hydrogen (secondary N) is 3. The van der Waals surface area contributed by atoms with E-state index in [1.165, 1.54) is 0 Å². The number of benzene rings is 2. The van der Waals surface area contributed by atoms with Crippen LogP contribution in [0.4, 0.5) is 5.69 Å². The number of aliphatic hydroxyl groups is 1. The Morgan fingerprint density at radius 1 is 1.22 bits per heavy atom. The third-order valence-electron chi connectivity index (χ3n) is 4.92. The lowest BCUT2D eigenvalue weighted by Gasteiger charge is -2.14. The van der Waals surface area contributed by atoms with E-state index in [0.29, 0.717) is 35.8 Å². The van der Waals surface area contributed by atoms with Crippen molar-refractivity contribution in [1.29, 1.82) is 0 Å². The highest BCUT2D eigenvalue weighted by molar-refractivity contribution is 7.92. The van der Waals surface area contributed by atoms with Gasteiger partial charge in [0.1, 0.15) is 12.4 Å². The summed E-state index contributed by atoms with van der Waals surface area (Å²) in [5, 5.41) is 23.4. The van der Waals surface area contributed by atoms with Crippen molar-refractivity contribution in [3.63, 3.8) is 0 Å². The number of aromatic amines is 1. The number of aliphatic carboxylic acids is 1. The number of aliphatic hydroxyl groups excluding tert-OH is 1. The lowest BCUT2D eigenvalue weighted by atomic mass is 10.1. The highest BCUT2D eigenvalue weighted by atomic mass is 32.2. The number of hydrogen-bond acceptors (Lipinski definition) is 6. The summed E-state index contributed by atoms with van der Waals surface area (Å²) in [5.41, 5.74) is 3.41. The van der Waals surface area contributed by atoms with E-state index < -0.39 is 22.1 Å². The van der Waals surface area contributed by atoms with Gasteiger partial charge in [0, 0.05) is 41.4 Å². The number of carboxylic acid groups (broad SMARTS) is 1. The van der Waals surface area contributed by atoms with Crippen LogP contribution in [0.25, 0.3) is 10.9 Å². The van der Waals surface area contributed by atoms with Crippen molar-refractivity contribution >= 4 is 32.6 Å². The number of sulfonamides is 1. The van der Waals surface area contributed by atoms with Crippen LogP contribution in [0.1, 0.15) is 22.9 Å². The Hall–Kier alpha value is -3.08. The van der Waals surface area contributed by atoms with Crippen molar-refractivity contribution in [1.82, 2.24) is 10.3 Å². The molecule has 0 saturated heterocycles. The maximum atomic E-state index is 11.3. The molecule has 10 heteroatoms. The highest BCUT2D eigenvalue weighted by Crippen LogP contribution is 2.26. The van der Waals surface area contributed by atoms with Gasteiger partial charge in [-0.1, -0.05) is 12.1 Å². The van der Waals surface area contributed by atoms with Gasteiger partial charge in [0.25, 0.3) is 0 Å². The van der Waals surface area contributed by atoms with Crippen molar-refractivity contribution in [2.45, 2.75) is 19.4 Å². The molecule has 9 nitrogen and oxygen atoms in total. The third-order valence-corrected chi connectivity index (χ3v) is 5.53. The van der Waals surface area contributed by atoms with Crippen LogP contribution in [0, 0.1) is 6.92 Å². The molecule has 0 amide bonds. The Labute approximate surface area is 186 Å². The second kappa shape index (κ2) is 10.0. The van der Waals surface area contributed by atoms with Crippen molar-refractivity contribution in [3.8, 4) is 5.75 Å². The van der Waals surface area contributed by atoms with Gasteiger partial charge in [0.05, 0.1) is 18.8 Å². The van der Waals surface area contributed by atoms with E-state index in [1.54, 1.807) is 24.3 Å². The van der Waals surface area contributed by atoms with E-state index >= 15 is 0 Å². The van der Waals surface area contributed by atoms with Crippen molar-refractivity contribution < 1.29 is 28.2 Å². The van der Waals surface area contributed by atoms with Crippen LogP contribution in [0.3, 0.4) is 0 Å². The zero-order valence-electron chi connectivity index (χ0n) is 17.9. The van der Waals surface area contributed by atoms with E-state index in [4.69, 9.17) is 9.84 Å². The quantitative estimate of drug-likeness (QED) is 0.276. The number of carboxylic acids is 1. The topological polar surface area (TPSA) is 141 Å². The van der Waals surface area contributed by atoms with Gasteiger partial charge in [0.15, 0.2) is 0 Å². The minimum Gasteiger partial charge on any atom is -0.492 e. The number of fused-ring (bicyclic) bond motifs is 1. The number of aryl methyl sites for hydroxylation is 1. The first kappa shape index (κ1) is 23.6. The summed E-state index contributed by atoms with van der Waals surface area (Å²) in [6.07, 6.45) is 0.208. The number of anilines is 1. The summed E-state index contributed by atoms with van der Waals surface area (Å²) in [5.74, 6) is -0.231. The number of aromatic nitrogens is 1. The lowest BCUT2D eigenvalue weighted by molar-refractivity contribution is -0.136.